The number of urea groups is 1. The topological polar surface area (TPSA) is 70.2 Å². The van der Waals surface area contributed by atoms with Gasteiger partial charge in [0.1, 0.15) is 0 Å². The molecule has 0 saturated heterocycles. The molecule has 0 bridgehead atoms. The van der Waals surface area contributed by atoms with Crippen molar-refractivity contribution < 1.29 is 9.59 Å². The molecule has 5 heteroatoms. The van der Waals surface area contributed by atoms with Crippen molar-refractivity contribution in [3.05, 3.63) is 76.5 Å². The third-order valence-electron chi connectivity index (χ3n) is 4.32. The second-order valence-electron chi connectivity index (χ2n) is 6.25. The Morgan fingerprint density at radius 3 is 2.36 bits per heavy atom. The van der Waals surface area contributed by atoms with E-state index in [1.54, 1.807) is 6.92 Å². The SMILES string of the molecule is CC1=C(C(=O)Nc2ccccc2C)C(c2ccc(C)cc2)NC(=O)N1. The Balaban J connectivity index is 1.96. The minimum atomic E-state index is -0.488. The van der Waals surface area contributed by atoms with Crippen LogP contribution in [0.1, 0.15) is 29.7 Å². The molecule has 1 aliphatic rings. The van der Waals surface area contributed by atoms with Gasteiger partial charge in [-0.2, -0.15) is 0 Å². The molecule has 1 unspecified atom stereocenters. The summed E-state index contributed by atoms with van der Waals surface area (Å²) in [4.78, 5) is 24.8. The number of hydrogen-bond donors (Lipinski definition) is 3. The Kier molecular flexibility index (Phi) is 4.57. The number of carbonyl (C=O) groups excluding carboxylic acids is 2. The molecule has 25 heavy (non-hydrogen) atoms. The van der Waals surface area contributed by atoms with Crippen LogP contribution < -0.4 is 16.0 Å². The van der Waals surface area contributed by atoms with E-state index in [0.717, 1.165) is 22.4 Å². The monoisotopic (exact) mass is 335 g/mol. The smallest absolute Gasteiger partial charge is 0.319 e. The van der Waals surface area contributed by atoms with Gasteiger partial charge < -0.3 is 16.0 Å². The predicted octanol–water partition coefficient (Wildman–Crippen LogP) is 3.57. The maximum atomic E-state index is 12.9. The van der Waals surface area contributed by atoms with Crippen LogP contribution in [-0.2, 0) is 4.79 Å². The molecule has 3 rings (SSSR count). The minimum absolute atomic E-state index is 0.232. The number of nitrogens with one attached hydrogen (secondary N) is 3. The van der Waals surface area contributed by atoms with Crippen LogP contribution in [0.25, 0.3) is 0 Å². The number of rotatable bonds is 3. The molecule has 0 aromatic heterocycles. The van der Waals surface area contributed by atoms with Gasteiger partial charge in [0.05, 0.1) is 11.6 Å². The van der Waals surface area contributed by atoms with E-state index in [9.17, 15) is 9.59 Å². The van der Waals surface area contributed by atoms with Crippen molar-refractivity contribution in [2.75, 3.05) is 5.32 Å². The lowest BCUT2D eigenvalue weighted by Gasteiger charge is -2.29. The summed E-state index contributed by atoms with van der Waals surface area (Å²) >= 11 is 0. The standard InChI is InChI=1S/C20H21N3O2/c1-12-8-10-15(11-9-12)18-17(14(3)21-20(25)23-18)19(24)22-16-7-5-4-6-13(16)2/h4-11,18H,1-3H3,(H,22,24)(H2,21,23,25). The number of carbonyl (C=O) groups is 2. The maximum absolute atomic E-state index is 12.9. The van der Waals surface area contributed by atoms with Gasteiger partial charge in [0.25, 0.3) is 5.91 Å². The molecule has 1 aliphatic heterocycles. The largest absolute Gasteiger partial charge is 0.327 e. The second kappa shape index (κ2) is 6.81. The number of aryl methyl sites for hydroxylation is 2. The molecule has 2 aromatic rings. The van der Waals surface area contributed by atoms with Crippen LogP contribution in [-0.4, -0.2) is 11.9 Å². The fraction of sp³-hybridized carbons (Fsp3) is 0.200. The normalized spacial score (nSPS) is 16.9. The average Bonchev–Trinajstić information content (AvgIpc) is 2.57. The van der Waals surface area contributed by atoms with Gasteiger partial charge in [-0.15, -0.1) is 0 Å². The molecule has 1 atom stereocenters. The van der Waals surface area contributed by atoms with Crippen molar-refractivity contribution >= 4 is 17.6 Å². The van der Waals surface area contributed by atoms with Gasteiger partial charge in [0.2, 0.25) is 0 Å². The van der Waals surface area contributed by atoms with Crippen LogP contribution in [0.2, 0.25) is 0 Å². The zero-order chi connectivity index (χ0) is 18.0. The molecule has 3 amide bonds. The van der Waals surface area contributed by atoms with Gasteiger partial charge in [-0.25, -0.2) is 4.79 Å². The van der Waals surface area contributed by atoms with Crippen LogP contribution in [0.5, 0.6) is 0 Å². The van der Waals surface area contributed by atoms with Crippen molar-refractivity contribution in [2.24, 2.45) is 0 Å². The van der Waals surface area contributed by atoms with E-state index in [2.05, 4.69) is 16.0 Å². The Bertz CT molecular complexity index is 853. The number of hydrogen-bond acceptors (Lipinski definition) is 2. The first kappa shape index (κ1) is 16.8. The number of para-hydroxylation sites is 1. The van der Waals surface area contributed by atoms with E-state index in [1.807, 2.05) is 62.4 Å². The van der Waals surface area contributed by atoms with E-state index < -0.39 is 6.04 Å². The fourth-order valence-corrected chi connectivity index (χ4v) is 2.91. The lowest BCUT2D eigenvalue weighted by Crippen LogP contribution is -2.46. The van der Waals surface area contributed by atoms with Crippen LogP contribution in [0.4, 0.5) is 10.5 Å². The van der Waals surface area contributed by atoms with Crippen molar-refractivity contribution in [1.29, 1.82) is 0 Å². The molecule has 3 N–H and O–H groups in total. The van der Waals surface area contributed by atoms with Gasteiger partial charge in [-0.1, -0.05) is 48.0 Å². The number of anilines is 1. The van der Waals surface area contributed by atoms with Gasteiger partial charge in [0.15, 0.2) is 0 Å². The molecule has 5 nitrogen and oxygen atoms in total. The summed E-state index contributed by atoms with van der Waals surface area (Å²) in [5, 5.41) is 8.48. The van der Waals surface area contributed by atoms with E-state index in [0.29, 0.717) is 11.3 Å². The van der Waals surface area contributed by atoms with Gasteiger partial charge >= 0.3 is 6.03 Å². The molecule has 0 spiro atoms. The zero-order valence-corrected chi connectivity index (χ0v) is 14.5. The summed E-state index contributed by atoms with van der Waals surface area (Å²) in [7, 11) is 0. The van der Waals surface area contributed by atoms with Crippen molar-refractivity contribution in [2.45, 2.75) is 26.8 Å². The Labute approximate surface area is 147 Å². The number of amides is 3. The summed E-state index contributed by atoms with van der Waals surface area (Å²) in [6.45, 7) is 5.68. The van der Waals surface area contributed by atoms with Crippen LogP contribution in [0.3, 0.4) is 0 Å². The Morgan fingerprint density at radius 2 is 1.68 bits per heavy atom. The number of allylic oxidation sites excluding steroid dienone is 1. The summed E-state index contributed by atoms with van der Waals surface area (Å²) in [6, 6.07) is 14.6. The first-order chi connectivity index (χ1) is 12.0. The fourth-order valence-electron chi connectivity index (χ4n) is 2.91. The van der Waals surface area contributed by atoms with Gasteiger partial charge in [-0.3, -0.25) is 4.79 Å². The molecule has 0 radical (unpaired) electrons. The first-order valence-electron chi connectivity index (χ1n) is 8.17. The van der Waals surface area contributed by atoms with Crippen LogP contribution in [0, 0.1) is 13.8 Å². The second-order valence-corrected chi connectivity index (χ2v) is 6.25. The van der Waals surface area contributed by atoms with Crippen molar-refractivity contribution in [3.8, 4) is 0 Å². The Hall–Kier alpha value is -3.08. The lowest BCUT2D eigenvalue weighted by molar-refractivity contribution is -0.113. The molecule has 0 saturated carbocycles. The van der Waals surface area contributed by atoms with E-state index in [1.165, 1.54) is 0 Å². The number of benzene rings is 2. The summed E-state index contributed by atoms with van der Waals surface area (Å²) < 4.78 is 0. The quantitative estimate of drug-likeness (QED) is 0.802. The zero-order valence-electron chi connectivity index (χ0n) is 14.5. The molecule has 2 aromatic carbocycles. The van der Waals surface area contributed by atoms with Crippen LogP contribution >= 0.6 is 0 Å². The van der Waals surface area contributed by atoms with Gasteiger partial charge in [0, 0.05) is 11.4 Å². The average molecular weight is 335 g/mol. The summed E-state index contributed by atoms with van der Waals surface area (Å²) in [5.74, 6) is -0.232. The molecule has 0 fully saturated rings. The van der Waals surface area contributed by atoms with Gasteiger partial charge in [-0.05, 0) is 38.0 Å². The summed E-state index contributed by atoms with van der Waals surface area (Å²) in [5.41, 5.74) is 4.79. The molecule has 1 heterocycles. The summed E-state index contributed by atoms with van der Waals surface area (Å²) in [6.07, 6.45) is 0. The first-order valence-corrected chi connectivity index (χ1v) is 8.17. The molecular weight excluding hydrogens is 314 g/mol. The highest BCUT2D eigenvalue weighted by atomic mass is 16.2. The van der Waals surface area contributed by atoms with E-state index >= 15 is 0 Å². The third kappa shape index (κ3) is 3.55. The lowest BCUT2D eigenvalue weighted by atomic mass is 9.94. The van der Waals surface area contributed by atoms with E-state index in [-0.39, 0.29) is 11.9 Å². The molecule has 0 aliphatic carbocycles. The van der Waals surface area contributed by atoms with Crippen molar-refractivity contribution in [3.63, 3.8) is 0 Å². The highest BCUT2D eigenvalue weighted by Gasteiger charge is 2.31. The predicted molar refractivity (Wildman–Crippen MR) is 98.1 cm³/mol. The molecule has 128 valence electrons. The van der Waals surface area contributed by atoms with E-state index in [4.69, 9.17) is 0 Å². The van der Waals surface area contributed by atoms with Crippen molar-refractivity contribution in [1.82, 2.24) is 10.6 Å². The minimum Gasteiger partial charge on any atom is -0.327 e. The van der Waals surface area contributed by atoms with Crippen LogP contribution in [0.15, 0.2) is 59.8 Å². The molecular formula is C20H21N3O2. The highest BCUT2D eigenvalue weighted by molar-refractivity contribution is 6.07. The Morgan fingerprint density at radius 1 is 1.00 bits per heavy atom. The highest BCUT2D eigenvalue weighted by Crippen LogP contribution is 2.28. The third-order valence-corrected chi connectivity index (χ3v) is 4.32. The maximum Gasteiger partial charge on any atom is 0.319 e.